The Balaban J connectivity index is 6.05. The predicted molar refractivity (Wildman–Crippen MR) is 67.7 cm³/mol. The molecular formula is C13H9F15O4. The maximum atomic E-state index is 13.4. The minimum atomic E-state index is -8.48. The molecule has 0 heterocycles. The Morgan fingerprint density at radius 2 is 0.906 bits per heavy atom. The van der Waals surface area contributed by atoms with Gasteiger partial charge in [0.2, 0.25) is 0 Å². The third-order valence-electron chi connectivity index (χ3n) is 3.38. The average molecular weight is 514 g/mol. The van der Waals surface area contributed by atoms with E-state index in [1.54, 1.807) is 0 Å². The van der Waals surface area contributed by atoms with Crippen LogP contribution in [0.2, 0.25) is 0 Å². The molecule has 190 valence electrons. The zero-order valence-corrected chi connectivity index (χ0v) is 14.9. The van der Waals surface area contributed by atoms with Gasteiger partial charge >= 0.3 is 53.8 Å². The molecule has 0 aliphatic rings. The topological polar surface area (TPSA) is 52.6 Å². The second-order valence-corrected chi connectivity index (χ2v) is 5.67. The maximum Gasteiger partial charge on any atom is 0.473 e. The van der Waals surface area contributed by atoms with Crippen LogP contribution in [0, 0.1) is 0 Å². The Morgan fingerprint density at radius 1 is 0.562 bits per heavy atom. The smallest absolute Gasteiger partial charge is 0.466 e. The summed E-state index contributed by atoms with van der Waals surface area (Å²) in [6.07, 6.45) is -17.7. The molecule has 0 N–H and O–H groups in total. The van der Waals surface area contributed by atoms with Crippen LogP contribution in [0.3, 0.4) is 0 Å². The first-order chi connectivity index (χ1) is 13.8. The number of ether oxygens (including phenoxy) is 2. The van der Waals surface area contributed by atoms with E-state index in [1.807, 2.05) is 0 Å². The van der Waals surface area contributed by atoms with Gasteiger partial charge < -0.3 is 9.47 Å². The van der Waals surface area contributed by atoms with E-state index in [0.717, 1.165) is 0 Å². The lowest BCUT2D eigenvalue weighted by Gasteiger charge is -2.40. The number of rotatable bonds is 10. The molecule has 0 saturated heterocycles. The van der Waals surface area contributed by atoms with E-state index in [-0.39, 0.29) is 6.61 Å². The number of alkyl halides is 15. The van der Waals surface area contributed by atoms with Gasteiger partial charge in [-0.2, -0.15) is 65.9 Å². The first-order valence-electron chi connectivity index (χ1n) is 7.56. The predicted octanol–water partition coefficient (Wildman–Crippen LogP) is 5.20. The highest BCUT2D eigenvalue weighted by molar-refractivity contribution is 5.77. The van der Waals surface area contributed by atoms with Gasteiger partial charge in [0.25, 0.3) is 0 Å². The van der Waals surface area contributed by atoms with Gasteiger partial charge in [0.15, 0.2) is 0 Å². The van der Waals surface area contributed by atoms with Crippen LogP contribution in [0.5, 0.6) is 0 Å². The lowest BCUT2D eigenvalue weighted by atomic mass is 9.93. The lowest BCUT2D eigenvalue weighted by Crippen LogP contribution is -2.72. The fourth-order valence-corrected chi connectivity index (χ4v) is 1.65. The van der Waals surface area contributed by atoms with Crippen molar-refractivity contribution in [1.29, 1.82) is 0 Å². The average Bonchev–Trinajstić information content (AvgIpc) is 2.58. The summed E-state index contributed by atoms with van der Waals surface area (Å²) in [6, 6.07) is 0. The van der Waals surface area contributed by atoms with Crippen LogP contribution in [0.25, 0.3) is 0 Å². The number of carbonyl (C=O) groups is 2. The Kier molecular flexibility index (Phi) is 8.11. The summed E-state index contributed by atoms with van der Waals surface area (Å²) in [5.41, 5.74) is 0. The highest BCUT2D eigenvalue weighted by Gasteiger charge is 2.94. The van der Waals surface area contributed by atoms with Crippen molar-refractivity contribution in [2.75, 3.05) is 6.61 Å². The van der Waals surface area contributed by atoms with Crippen LogP contribution < -0.4 is 0 Å². The Morgan fingerprint density at radius 3 is 1.28 bits per heavy atom. The van der Waals surface area contributed by atoms with Gasteiger partial charge in [-0.05, 0) is 6.92 Å². The third-order valence-corrected chi connectivity index (χ3v) is 3.38. The Labute approximate surface area is 166 Å². The van der Waals surface area contributed by atoms with E-state index < -0.39 is 66.7 Å². The summed E-state index contributed by atoms with van der Waals surface area (Å²) < 4.78 is 200. The lowest BCUT2D eigenvalue weighted by molar-refractivity contribution is -0.468. The molecule has 0 bridgehead atoms. The first-order valence-corrected chi connectivity index (χ1v) is 7.56. The van der Waals surface area contributed by atoms with Crippen LogP contribution in [0.4, 0.5) is 65.9 Å². The SMILES string of the molecule is CCOC(=O)CCC(=O)OC(F)(F)C(F)(F)C(F)(F)C(F)(F)C(F)(F)C(F)(F)C(F)(F)F. The van der Waals surface area contributed by atoms with Gasteiger partial charge in [-0.25, -0.2) is 0 Å². The van der Waals surface area contributed by atoms with Crippen molar-refractivity contribution >= 4 is 11.9 Å². The van der Waals surface area contributed by atoms with Gasteiger partial charge in [0.1, 0.15) is 0 Å². The van der Waals surface area contributed by atoms with Crippen molar-refractivity contribution in [3.8, 4) is 0 Å². The van der Waals surface area contributed by atoms with Crippen LogP contribution in [0.1, 0.15) is 19.8 Å². The molecule has 19 heteroatoms. The molecule has 0 fully saturated rings. The standard InChI is InChI=1S/C13H9F15O4/c1-2-31-5(29)3-4-6(30)32-13(27,28)11(22,23)9(18,19)7(14,15)8(16,17)10(20,21)12(24,25)26/h2-4H2,1H3. The summed E-state index contributed by atoms with van der Waals surface area (Å²) >= 11 is 0. The number of halogens is 15. The molecule has 0 saturated carbocycles. The Bertz CT molecular complexity index is 698. The van der Waals surface area contributed by atoms with E-state index in [4.69, 9.17) is 0 Å². The largest absolute Gasteiger partial charge is 0.473 e. The van der Waals surface area contributed by atoms with Crippen molar-refractivity contribution in [3.63, 3.8) is 0 Å². The molecule has 32 heavy (non-hydrogen) atoms. The van der Waals surface area contributed by atoms with E-state index in [2.05, 4.69) is 9.47 Å². The van der Waals surface area contributed by atoms with Crippen molar-refractivity contribution in [3.05, 3.63) is 0 Å². The molecule has 0 aliphatic carbocycles. The van der Waals surface area contributed by atoms with Crippen molar-refractivity contribution < 1.29 is 84.9 Å². The zero-order valence-electron chi connectivity index (χ0n) is 14.9. The third kappa shape index (κ3) is 4.79. The van der Waals surface area contributed by atoms with Crippen molar-refractivity contribution in [2.24, 2.45) is 0 Å². The van der Waals surface area contributed by atoms with Crippen LogP contribution in [0.15, 0.2) is 0 Å². The molecule has 0 spiro atoms. The van der Waals surface area contributed by atoms with Gasteiger partial charge in [-0.3, -0.25) is 9.59 Å². The summed E-state index contributed by atoms with van der Waals surface area (Å²) in [6.45, 7) is 0.853. The molecule has 0 aromatic heterocycles. The molecule has 0 atom stereocenters. The highest BCUT2D eigenvalue weighted by atomic mass is 19.4. The monoisotopic (exact) mass is 514 g/mol. The summed E-state index contributed by atoms with van der Waals surface area (Å²) in [7, 11) is 0. The summed E-state index contributed by atoms with van der Waals surface area (Å²) in [4.78, 5) is 21.8. The Hall–Kier alpha value is -2.11. The first kappa shape index (κ1) is 29.9. The van der Waals surface area contributed by atoms with E-state index in [0.29, 0.717) is 0 Å². The van der Waals surface area contributed by atoms with Crippen LogP contribution in [-0.4, -0.2) is 60.4 Å². The minimum Gasteiger partial charge on any atom is -0.466 e. The second-order valence-electron chi connectivity index (χ2n) is 5.67. The molecule has 0 aromatic carbocycles. The molecule has 0 unspecified atom stereocenters. The quantitative estimate of drug-likeness (QED) is 0.297. The molecule has 4 nitrogen and oxygen atoms in total. The summed E-state index contributed by atoms with van der Waals surface area (Å²) in [5.74, 6) is -45.3. The normalized spacial score (nSPS) is 14.9. The van der Waals surface area contributed by atoms with E-state index >= 15 is 0 Å². The number of esters is 2. The van der Waals surface area contributed by atoms with Gasteiger partial charge in [-0.1, -0.05) is 0 Å². The fraction of sp³-hybridized carbons (Fsp3) is 0.846. The van der Waals surface area contributed by atoms with Crippen molar-refractivity contribution in [1.82, 2.24) is 0 Å². The molecule has 0 radical (unpaired) electrons. The number of carbonyl (C=O) groups excluding carboxylic acids is 2. The second kappa shape index (κ2) is 8.68. The van der Waals surface area contributed by atoms with Gasteiger partial charge in [-0.15, -0.1) is 0 Å². The molecule has 0 amide bonds. The van der Waals surface area contributed by atoms with Crippen LogP contribution >= 0.6 is 0 Å². The molecule has 0 aliphatic heterocycles. The minimum absolute atomic E-state index is 0.347. The summed E-state index contributed by atoms with van der Waals surface area (Å²) in [5, 5.41) is 0. The van der Waals surface area contributed by atoms with E-state index in [1.165, 1.54) is 6.92 Å². The molecule has 0 aromatic rings. The zero-order chi connectivity index (χ0) is 26.2. The highest BCUT2D eigenvalue weighted by Crippen LogP contribution is 2.62. The van der Waals surface area contributed by atoms with Crippen LogP contribution in [-0.2, 0) is 19.1 Å². The number of hydrogen-bond donors (Lipinski definition) is 0. The van der Waals surface area contributed by atoms with E-state index in [9.17, 15) is 75.4 Å². The fourth-order valence-electron chi connectivity index (χ4n) is 1.65. The molecule has 0 rings (SSSR count). The van der Waals surface area contributed by atoms with Gasteiger partial charge in [0.05, 0.1) is 19.4 Å². The number of hydrogen-bond acceptors (Lipinski definition) is 4. The van der Waals surface area contributed by atoms with Crippen molar-refractivity contribution in [2.45, 2.75) is 61.7 Å². The molecular weight excluding hydrogens is 505 g/mol. The van der Waals surface area contributed by atoms with Gasteiger partial charge in [0, 0.05) is 0 Å². The maximum absolute atomic E-state index is 13.4.